The van der Waals surface area contributed by atoms with Gasteiger partial charge in [-0.1, -0.05) is 0 Å². The van der Waals surface area contributed by atoms with Crippen molar-refractivity contribution in [2.24, 2.45) is 0 Å². The maximum Gasteiger partial charge on any atom is 0.253 e. The number of halogens is 1. The van der Waals surface area contributed by atoms with E-state index in [1.165, 1.54) is 17.0 Å². The summed E-state index contributed by atoms with van der Waals surface area (Å²) in [6, 6.07) is 4.26. The van der Waals surface area contributed by atoms with E-state index in [0.717, 1.165) is 6.54 Å². The van der Waals surface area contributed by atoms with Crippen LogP contribution < -0.4 is 5.32 Å². The summed E-state index contributed by atoms with van der Waals surface area (Å²) in [6.07, 6.45) is 0.618. The first kappa shape index (κ1) is 14.0. The second-order valence-electron chi connectivity index (χ2n) is 5.33. The zero-order valence-electron chi connectivity index (χ0n) is 11.2. The van der Waals surface area contributed by atoms with Crippen LogP contribution >= 0.6 is 0 Å². The normalized spacial score (nSPS) is 22.5. The summed E-state index contributed by atoms with van der Waals surface area (Å²) < 4.78 is 13.3. The first-order chi connectivity index (χ1) is 8.89. The van der Waals surface area contributed by atoms with Crippen molar-refractivity contribution in [3.05, 3.63) is 35.1 Å². The highest BCUT2D eigenvalue weighted by molar-refractivity contribution is 5.94. The molecule has 19 heavy (non-hydrogen) atoms. The number of rotatable bonds is 3. The number of nitrogens with one attached hydrogen (secondary N) is 1. The van der Waals surface area contributed by atoms with Gasteiger partial charge in [0.05, 0.1) is 12.1 Å². The van der Waals surface area contributed by atoms with Crippen molar-refractivity contribution in [2.75, 3.05) is 26.7 Å². The molecule has 4 nitrogen and oxygen atoms in total. The number of hydrogen-bond acceptors (Lipinski definition) is 3. The van der Waals surface area contributed by atoms with Crippen LogP contribution in [0.5, 0.6) is 0 Å². The Morgan fingerprint density at radius 2 is 2.26 bits per heavy atom. The van der Waals surface area contributed by atoms with Crippen LogP contribution in [0, 0.1) is 12.7 Å². The first-order valence-electron chi connectivity index (χ1n) is 6.35. The van der Waals surface area contributed by atoms with Crippen LogP contribution in [-0.4, -0.2) is 48.2 Å². The third kappa shape index (κ3) is 3.30. The van der Waals surface area contributed by atoms with Gasteiger partial charge in [0.25, 0.3) is 5.91 Å². The summed E-state index contributed by atoms with van der Waals surface area (Å²) >= 11 is 0. The molecule has 0 aromatic heterocycles. The molecule has 1 atom stereocenters. The molecule has 0 radical (unpaired) electrons. The van der Waals surface area contributed by atoms with E-state index in [9.17, 15) is 14.3 Å². The van der Waals surface area contributed by atoms with Gasteiger partial charge in [0, 0.05) is 19.2 Å². The molecule has 1 amide bonds. The lowest BCUT2D eigenvalue weighted by molar-refractivity contribution is 0.0252. The van der Waals surface area contributed by atoms with E-state index in [0.29, 0.717) is 24.1 Å². The number of nitrogens with zero attached hydrogens (tertiary/aromatic N) is 1. The summed E-state index contributed by atoms with van der Waals surface area (Å²) in [4.78, 5) is 13.7. The number of benzene rings is 1. The van der Waals surface area contributed by atoms with Crippen LogP contribution in [0.2, 0.25) is 0 Å². The third-order valence-corrected chi connectivity index (χ3v) is 3.39. The molecule has 0 spiro atoms. The van der Waals surface area contributed by atoms with Gasteiger partial charge in [0.15, 0.2) is 0 Å². The molecule has 0 bridgehead atoms. The molecule has 1 saturated heterocycles. The van der Waals surface area contributed by atoms with Gasteiger partial charge < -0.3 is 15.3 Å². The lowest BCUT2D eigenvalue weighted by atomic mass is 10.0. The van der Waals surface area contributed by atoms with Crippen molar-refractivity contribution < 1.29 is 14.3 Å². The number of likely N-dealkylation sites (N-methyl/N-ethyl adjacent to an activating group) is 1. The quantitative estimate of drug-likeness (QED) is 0.856. The molecule has 1 aliphatic rings. The maximum atomic E-state index is 13.3. The minimum atomic E-state index is -0.882. The van der Waals surface area contributed by atoms with Crippen LogP contribution in [0.3, 0.4) is 0 Å². The molecule has 1 unspecified atom stereocenters. The number of carbonyl (C=O) groups is 1. The maximum absolute atomic E-state index is 13.3. The van der Waals surface area contributed by atoms with Crippen LogP contribution in [0.1, 0.15) is 22.3 Å². The molecule has 1 aliphatic heterocycles. The van der Waals surface area contributed by atoms with Gasteiger partial charge in [0.1, 0.15) is 5.82 Å². The summed E-state index contributed by atoms with van der Waals surface area (Å²) in [5.74, 6) is -0.694. The van der Waals surface area contributed by atoms with Crippen molar-refractivity contribution in [1.29, 1.82) is 0 Å². The predicted molar refractivity (Wildman–Crippen MR) is 70.5 cm³/mol. The summed E-state index contributed by atoms with van der Waals surface area (Å²) in [5, 5.41) is 13.3. The van der Waals surface area contributed by atoms with E-state index in [1.807, 2.05) is 0 Å². The lowest BCUT2D eigenvalue weighted by Gasteiger charge is -2.28. The molecule has 0 saturated carbocycles. The lowest BCUT2D eigenvalue weighted by Crippen LogP contribution is -2.45. The van der Waals surface area contributed by atoms with Crippen molar-refractivity contribution in [2.45, 2.75) is 18.9 Å². The van der Waals surface area contributed by atoms with Crippen molar-refractivity contribution in [3.8, 4) is 0 Å². The van der Waals surface area contributed by atoms with Gasteiger partial charge >= 0.3 is 0 Å². The summed E-state index contributed by atoms with van der Waals surface area (Å²) in [5.41, 5.74) is 0.139. The highest BCUT2D eigenvalue weighted by Gasteiger charge is 2.33. The molecule has 1 aromatic rings. The van der Waals surface area contributed by atoms with Gasteiger partial charge in [-0.3, -0.25) is 4.79 Å². The molecular weight excluding hydrogens is 247 g/mol. The van der Waals surface area contributed by atoms with Gasteiger partial charge in [0.2, 0.25) is 0 Å². The zero-order chi connectivity index (χ0) is 14.0. The van der Waals surface area contributed by atoms with E-state index in [-0.39, 0.29) is 12.5 Å². The summed E-state index contributed by atoms with van der Waals surface area (Å²) in [6.45, 7) is 3.22. The number of hydrogen-bond donors (Lipinski definition) is 2. The van der Waals surface area contributed by atoms with Crippen LogP contribution in [-0.2, 0) is 0 Å². The molecule has 104 valence electrons. The smallest absolute Gasteiger partial charge is 0.253 e. The van der Waals surface area contributed by atoms with E-state index in [4.69, 9.17) is 0 Å². The van der Waals surface area contributed by atoms with E-state index in [2.05, 4.69) is 5.32 Å². The summed E-state index contributed by atoms with van der Waals surface area (Å²) in [7, 11) is 1.62. The highest BCUT2D eigenvalue weighted by atomic mass is 19.1. The highest BCUT2D eigenvalue weighted by Crippen LogP contribution is 2.17. The molecule has 1 aromatic carbocycles. The van der Waals surface area contributed by atoms with Crippen LogP contribution in [0.25, 0.3) is 0 Å². The van der Waals surface area contributed by atoms with Gasteiger partial charge in [-0.15, -0.1) is 0 Å². The van der Waals surface area contributed by atoms with Gasteiger partial charge in [-0.05, 0) is 43.7 Å². The Morgan fingerprint density at radius 1 is 1.53 bits per heavy atom. The minimum Gasteiger partial charge on any atom is -0.387 e. The first-order valence-corrected chi connectivity index (χ1v) is 6.35. The largest absolute Gasteiger partial charge is 0.387 e. The Bertz CT molecular complexity index is 464. The standard InChI is InChI=1S/C14H19FN2O2/c1-10-5-11(7-12(15)6-10)13(18)17(2)9-14(19)3-4-16-8-14/h5-7,16,19H,3-4,8-9H2,1-2H3. The second kappa shape index (κ2) is 5.27. The molecule has 5 heteroatoms. The Morgan fingerprint density at radius 3 is 2.84 bits per heavy atom. The molecule has 1 fully saturated rings. The average molecular weight is 266 g/mol. The Balaban J connectivity index is 2.10. The minimum absolute atomic E-state index is 0.244. The fourth-order valence-electron chi connectivity index (χ4n) is 2.46. The van der Waals surface area contributed by atoms with E-state index >= 15 is 0 Å². The Kier molecular flexibility index (Phi) is 3.87. The molecular formula is C14H19FN2O2. The third-order valence-electron chi connectivity index (χ3n) is 3.39. The van der Waals surface area contributed by atoms with Gasteiger partial charge in [-0.2, -0.15) is 0 Å². The predicted octanol–water partition coefficient (Wildman–Crippen LogP) is 0.931. The van der Waals surface area contributed by atoms with Crippen molar-refractivity contribution >= 4 is 5.91 Å². The van der Waals surface area contributed by atoms with Crippen molar-refractivity contribution in [3.63, 3.8) is 0 Å². The number of aliphatic hydroxyl groups is 1. The number of β-amino-alcohol motifs (C(OH)–C–C–N with tert-alkyl or cyclic N) is 1. The fourth-order valence-corrected chi connectivity index (χ4v) is 2.46. The topological polar surface area (TPSA) is 52.6 Å². The van der Waals surface area contributed by atoms with E-state index in [1.54, 1.807) is 20.0 Å². The SMILES string of the molecule is Cc1cc(F)cc(C(=O)N(C)CC2(O)CCNC2)c1. The zero-order valence-corrected chi connectivity index (χ0v) is 11.2. The van der Waals surface area contributed by atoms with Crippen LogP contribution in [0.4, 0.5) is 4.39 Å². The monoisotopic (exact) mass is 266 g/mol. The molecule has 2 N–H and O–H groups in total. The van der Waals surface area contributed by atoms with Gasteiger partial charge in [-0.25, -0.2) is 4.39 Å². The Labute approximate surface area is 112 Å². The molecule has 2 rings (SSSR count). The van der Waals surface area contributed by atoms with Crippen LogP contribution in [0.15, 0.2) is 18.2 Å². The average Bonchev–Trinajstić information content (AvgIpc) is 2.73. The Hall–Kier alpha value is -1.46. The number of amides is 1. The second-order valence-corrected chi connectivity index (χ2v) is 5.33. The molecule has 1 heterocycles. The molecule has 0 aliphatic carbocycles. The number of aryl methyl sites for hydroxylation is 1. The fraction of sp³-hybridized carbons (Fsp3) is 0.500. The number of carbonyl (C=O) groups excluding carboxylic acids is 1. The van der Waals surface area contributed by atoms with E-state index < -0.39 is 11.4 Å². The van der Waals surface area contributed by atoms with Crippen molar-refractivity contribution in [1.82, 2.24) is 10.2 Å².